The third-order valence-electron chi connectivity index (χ3n) is 3.00. The number of rotatable bonds is 2. The summed E-state index contributed by atoms with van der Waals surface area (Å²) in [5.41, 5.74) is 2.13. The fourth-order valence-corrected chi connectivity index (χ4v) is 2.07. The van der Waals surface area contributed by atoms with Gasteiger partial charge in [-0.25, -0.2) is 0 Å². The topological polar surface area (TPSA) is 34.1 Å². The molecule has 1 aromatic rings. The molecular formula is C14H14O2. The van der Waals surface area contributed by atoms with Gasteiger partial charge in [0, 0.05) is 0 Å². The molecule has 0 saturated carbocycles. The molecule has 1 aromatic carbocycles. The van der Waals surface area contributed by atoms with Crippen LogP contribution in [0, 0.1) is 5.92 Å². The molecule has 0 saturated heterocycles. The Morgan fingerprint density at radius 2 is 1.94 bits per heavy atom. The van der Waals surface area contributed by atoms with E-state index >= 15 is 0 Å². The van der Waals surface area contributed by atoms with E-state index in [-0.39, 0.29) is 11.6 Å². The van der Waals surface area contributed by atoms with Crippen molar-refractivity contribution in [3.63, 3.8) is 0 Å². The standard InChI is InChI=1S/C14H14O2/c1-10(15)13-8-7-12(9-14(13)16)11-5-3-2-4-6-11/h2-6,9,13H,7-8H2,1H3. The normalized spacial score (nSPS) is 20.4. The Labute approximate surface area is 95.0 Å². The number of carbonyl (C=O) groups excluding carboxylic acids is 2. The highest BCUT2D eigenvalue weighted by atomic mass is 16.1. The van der Waals surface area contributed by atoms with Crippen molar-refractivity contribution in [2.75, 3.05) is 0 Å². The molecule has 0 aromatic heterocycles. The first kappa shape index (κ1) is 10.8. The maximum atomic E-state index is 11.7. The van der Waals surface area contributed by atoms with Crippen LogP contribution >= 0.6 is 0 Å². The highest BCUT2D eigenvalue weighted by Gasteiger charge is 2.26. The molecule has 1 unspecified atom stereocenters. The Morgan fingerprint density at radius 3 is 2.50 bits per heavy atom. The third-order valence-corrected chi connectivity index (χ3v) is 3.00. The van der Waals surface area contributed by atoms with E-state index in [1.54, 1.807) is 6.08 Å². The minimum absolute atomic E-state index is 0.0200. The van der Waals surface area contributed by atoms with E-state index in [2.05, 4.69) is 0 Å². The maximum absolute atomic E-state index is 11.7. The van der Waals surface area contributed by atoms with E-state index in [9.17, 15) is 9.59 Å². The molecule has 0 amide bonds. The summed E-state index contributed by atoms with van der Waals surface area (Å²) in [6, 6.07) is 9.85. The SMILES string of the molecule is CC(=O)C1CCC(c2ccccc2)=CC1=O. The summed E-state index contributed by atoms with van der Waals surface area (Å²) in [6.45, 7) is 1.49. The van der Waals surface area contributed by atoms with E-state index in [4.69, 9.17) is 0 Å². The zero-order valence-corrected chi connectivity index (χ0v) is 9.27. The monoisotopic (exact) mass is 214 g/mol. The van der Waals surface area contributed by atoms with Crippen LogP contribution < -0.4 is 0 Å². The van der Waals surface area contributed by atoms with Crippen molar-refractivity contribution in [3.8, 4) is 0 Å². The van der Waals surface area contributed by atoms with Gasteiger partial charge in [0.05, 0.1) is 5.92 Å². The van der Waals surface area contributed by atoms with Crippen molar-refractivity contribution in [2.45, 2.75) is 19.8 Å². The van der Waals surface area contributed by atoms with Gasteiger partial charge in [0.1, 0.15) is 5.78 Å². The summed E-state index contributed by atoms with van der Waals surface area (Å²) in [7, 11) is 0. The molecule has 1 aliphatic carbocycles. The molecule has 82 valence electrons. The number of hydrogen-bond acceptors (Lipinski definition) is 2. The van der Waals surface area contributed by atoms with E-state index in [1.165, 1.54) is 6.92 Å². The van der Waals surface area contributed by atoms with E-state index in [0.29, 0.717) is 6.42 Å². The molecule has 0 aliphatic heterocycles. The van der Waals surface area contributed by atoms with Crippen LogP contribution in [0.5, 0.6) is 0 Å². The summed E-state index contributed by atoms with van der Waals surface area (Å²) in [6.07, 6.45) is 3.08. The highest BCUT2D eigenvalue weighted by Crippen LogP contribution is 2.28. The van der Waals surface area contributed by atoms with Gasteiger partial charge in [-0.05, 0) is 37.0 Å². The first-order valence-electron chi connectivity index (χ1n) is 5.49. The van der Waals surface area contributed by atoms with Crippen molar-refractivity contribution >= 4 is 17.1 Å². The van der Waals surface area contributed by atoms with Crippen LogP contribution in [0.2, 0.25) is 0 Å². The Hall–Kier alpha value is -1.70. The lowest BCUT2D eigenvalue weighted by Gasteiger charge is -2.18. The fraction of sp³-hybridized carbons (Fsp3) is 0.286. The van der Waals surface area contributed by atoms with E-state index < -0.39 is 5.92 Å². The Kier molecular flexibility index (Phi) is 3.00. The smallest absolute Gasteiger partial charge is 0.166 e. The predicted molar refractivity (Wildman–Crippen MR) is 62.8 cm³/mol. The second-order valence-electron chi connectivity index (χ2n) is 4.14. The predicted octanol–water partition coefficient (Wildman–Crippen LogP) is 2.64. The summed E-state index contributed by atoms with van der Waals surface area (Å²) >= 11 is 0. The fourth-order valence-electron chi connectivity index (χ4n) is 2.07. The third kappa shape index (κ3) is 2.11. The van der Waals surface area contributed by atoms with Gasteiger partial charge in [0.15, 0.2) is 5.78 Å². The second-order valence-corrected chi connectivity index (χ2v) is 4.14. The second kappa shape index (κ2) is 4.44. The first-order valence-corrected chi connectivity index (χ1v) is 5.49. The number of benzene rings is 1. The van der Waals surface area contributed by atoms with Crippen LogP contribution in [0.15, 0.2) is 36.4 Å². The molecular weight excluding hydrogens is 200 g/mol. The molecule has 0 bridgehead atoms. The Bertz CT molecular complexity index is 443. The van der Waals surface area contributed by atoms with Crippen LogP contribution in [-0.2, 0) is 9.59 Å². The molecule has 0 spiro atoms. The molecule has 0 fully saturated rings. The molecule has 2 nitrogen and oxygen atoms in total. The highest BCUT2D eigenvalue weighted by molar-refractivity contribution is 6.10. The lowest BCUT2D eigenvalue weighted by Crippen LogP contribution is -2.23. The average molecular weight is 214 g/mol. The lowest BCUT2D eigenvalue weighted by molar-refractivity contribution is -0.129. The molecule has 1 atom stereocenters. The van der Waals surface area contributed by atoms with Gasteiger partial charge in [0.2, 0.25) is 0 Å². The van der Waals surface area contributed by atoms with Crippen molar-refractivity contribution in [2.24, 2.45) is 5.92 Å². The molecule has 0 N–H and O–H groups in total. The Balaban J connectivity index is 2.25. The van der Waals surface area contributed by atoms with Crippen LogP contribution in [-0.4, -0.2) is 11.6 Å². The molecule has 2 heteroatoms. The quantitative estimate of drug-likeness (QED) is 0.709. The number of carbonyl (C=O) groups is 2. The summed E-state index contributed by atoms with van der Waals surface area (Å²) < 4.78 is 0. The van der Waals surface area contributed by atoms with E-state index in [1.807, 2.05) is 30.3 Å². The van der Waals surface area contributed by atoms with Crippen LogP contribution in [0.3, 0.4) is 0 Å². The average Bonchev–Trinajstić information content (AvgIpc) is 2.29. The zero-order chi connectivity index (χ0) is 11.5. The summed E-state index contributed by atoms with van der Waals surface area (Å²) in [4.78, 5) is 22.9. The van der Waals surface area contributed by atoms with E-state index in [0.717, 1.165) is 17.6 Å². The zero-order valence-electron chi connectivity index (χ0n) is 9.27. The van der Waals surface area contributed by atoms with Gasteiger partial charge in [-0.15, -0.1) is 0 Å². The molecule has 16 heavy (non-hydrogen) atoms. The van der Waals surface area contributed by atoms with Crippen molar-refractivity contribution in [1.82, 2.24) is 0 Å². The van der Waals surface area contributed by atoms with Gasteiger partial charge < -0.3 is 0 Å². The van der Waals surface area contributed by atoms with Crippen molar-refractivity contribution < 1.29 is 9.59 Å². The van der Waals surface area contributed by atoms with Gasteiger partial charge in [0.25, 0.3) is 0 Å². The summed E-state index contributed by atoms with van der Waals surface area (Å²) in [5.74, 6) is -0.474. The van der Waals surface area contributed by atoms with Gasteiger partial charge in [-0.2, -0.15) is 0 Å². The van der Waals surface area contributed by atoms with Crippen LogP contribution in [0.25, 0.3) is 5.57 Å². The lowest BCUT2D eigenvalue weighted by atomic mass is 9.84. The van der Waals surface area contributed by atoms with Crippen LogP contribution in [0.1, 0.15) is 25.3 Å². The molecule has 1 aliphatic rings. The van der Waals surface area contributed by atoms with Gasteiger partial charge in [-0.1, -0.05) is 30.3 Å². The van der Waals surface area contributed by atoms with Crippen molar-refractivity contribution in [1.29, 1.82) is 0 Å². The maximum Gasteiger partial charge on any atom is 0.166 e. The number of hydrogen-bond donors (Lipinski definition) is 0. The first-order chi connectivity index (χ1) is 7.68. The molecule has 0 heterocycles. The van der Waals surface area contributed by atoms with Gasteiger partial charge >= 0.3 is 0 Å². The number of Topliss-reactive ketones (excluding diaryl/α,β-unsaturated/α-hetero) is 1. The van der Waals surface area contributed by atoms with Gasteiger partial charge in [-0.3, -0.25) is 9.59 Å². The minimum Gasteiger partial charge on any atom is -0.299 e. The minimum atomic E-state index is -0.410. The number of allylic oxidation sites excluding steroid dienone is 2. The molecule has 2 rings (SSSR count). The largest absolute Gasteiger partial charge is 0.299 e. The van der Waals surface area contributed by atoms with Crippen LogP contribution in [0.4, 0.5) is 0 Å². The number of ketones is 2. The Morgan fingerprint density at radius 1 is 1.25 bits per heavy atom. The molecule has 0 radical (unpaired) electrons. The summed E-state index contributed by atoms with van der Waals surface area (Å²) in [5, 5.41) is 0. The van der Waals surface area contributed by atoms with Crippen molar-refractivity contribution in [3.05, 3.63) is 42.0 Å².